The Morgan fingerprint density at radius 2 is 1.65 bits per heavy atom. The topological polar surface area (TPSA) is 29.1 Å². The van der Waals surface area contributed by atoms with E-state index in [4.69, 9.17) is 0 Å². The van der Waals surface area contributed by atoms with Gasteiger partial charge in [-0.1, -0.05) is 67.2 Å². The second-order valence-corrected chi connectivity index (χ2v) is 6.28. The lowest BCUT2D eigenvalue weighted by Gasteiger charge is -2.31. The Morgan fingerprint density at radius 3 is 2.35 bits per heavy atom. The molecular formula is C21H23NO. The van der Waals surface area contributed by atoms with Crippen LogP contribution in [0.2, 0.25) is 0 Å². The van der Waals surface area contributed by atoms with Crippen LogP contribution in [-0.4, -0.2) is 17.9 Å². The zero-order chi connectivity index (χ0) is 16.1. The first-order valence-electron chi connectivity index (χ1n) is 8.28. The summed E-state index contributed by atoms with van der Waals surface area (Å²) in [4.78, 5) is 12.1. The molecule has 0 amide bonds. The molecule has 1 unspecified atom stereocenters. The second kappa shape index (κ2) is 7.38. The first-order valence-corrected chi connectivity index (χ1v) is 8.28. The van der Waals surface area contributed by atoms with Gasteiger partial charge in [0.25, 0.3) is 0 Å². The Hall–Kier alpha value is -2.19. The Bertz CT molecular complexity index is 663. The number of nitrogens with one attached hydrogen (secondary N) is 1. The minimum absolute atomic E-state index is 0.0550. The third kappa shape index (κ3) is 4.17. The maximum Gasteiger partial charge on any atom is 0.136 e. The highest BCUT2D eigenvalue weighted by molar-refractivity contribution is 5.84. The largest absolute Gasteiger partial charge is 0.306 e. The smallest absolute Gasteiger partial charge is 0.136 e. The monoisotopic (exact) mass is 305 g/mol. The second-order valence-electron chi connectivity index (χ2n) is 6.28. The van der Waals surface area contributed by atoms with Crippen molar-refractivity contribution in [2.24, 2.45) is 0 Å². The van der Waals surface area contributed by atoms with Gasteiger partial charge in [0.2, 0.25) is 0 Å². The number of hydrogen-bond acceptors (Lipinski definition) is 2. The van der Waals surface area contributed by atoms with E-state index in [0.717, 1.165) is 24.0 Å². The Labute approximate surface area is 138 Å². The predicted molar refractivity (Wildman–Crippen MR) is 95.2 cm³/mol. The van der Waals surface area contributed by atoms with E-state index in [1.54, 1.807) is 0 Å². The number of aryl methyl sites for hydroxylation is 1. The van der Waals surface area contributed by atoms with Crippen molar-refractivity contribution in [3.63, 3.8) is 0 Å². The molecule has 0 aromatic heterocycles. The molecule has 1 heterocycles. The van der Waals surface area contributed by atoms with Crippen LogP contribution in [0.1, 0.15) is 30.4 Å². The summed E-state index contributed by atoms with van der Waals surface area (Å²) in [7, 11) is 0. The van der Waals surface area contributed by atoms with Crippen molar-refractivity contribution in [2.45, 2.75) is 37.8 Å². The van der Waals surface area contributed by atoms with Gasteiger partial charge in [0, 0.05) is 24.9 Å². The molecule has 0 aliphatic carbocycles. The summed E-state index contributed by atoms with van der Waals surface area (Å²) in [5, 5.41) is 3.63. The van der Waals surface area contributed by atoms with Crippen molar-refractivity contribution < 1.29 is 4.79 Å². The van der Waals surface area contributed by atoms with Crippen LogP contribution in [0.5, 0.6) is 0 Å². The van der Waals surface area contributed by atoms with E-state index in [-0.39, 0.29) is 12.1 Å². The van der Waals surface area contributed by atoms with Gasteiger partial charge < -0.3 is 5.32 Å². The summed E-state index contributed by atoms with van der Waals surface area (Å²) in [6.07, 6.45) is 3.16. The highest BCUT2D eigenvalue weighted by atomic mass is 16.1. The average molecular weight is 305 g/mol. The highest BCUT2D eigenvalue weighted by Gasteiger charge is 2.28. The van der Waals surface area contributed by atoms with Crippen molar-refractivity contribution in [1.29, 1.82) is 0 Å². The predicted octanol–water partition coefficient (Wildman–Crippen LogP) is 4.02. The molecule has 1 saturated heterocycles. The van der Waals surface area contributed by atoms with Crippen LogP contribution in [0, 0.1) is 0 Å². The standard InChI is InChI=1S/C21H23NO/c1-16(18-10-6-3-7-11-18)21-15-20(23)14-19(22-21)13-12-17-8-4-2-5-9-17/h2-11,19,21-22H,1,12-15H2/t19-,21?/m1/s1. The number of rotatable bonds is 5. The molecule has 2 heteroatoms. The molecule has 0 saturated carbocycles. The molecule has 0 spiro atoms. The van der Waals surface area contributed by atoms with Gasteiger partial charge in [-0.25, -0.2) is 0 Å². The Morgan fingerprint density at radius 1 is 1.00 bits per heavy atom. The number of Topliss-reactive ketones (excluding diaryl/α,β-unsaturated/α-hetero) is 1. The molecule has 1 aliphatic heterocycles. The minimum Gasteiger partial charge on any atom is -0.306 e. The van der Waals surface area contributed by atoms with E-state index in [0.29, 0.717) is 18.6 Å². The van der Waals surface area contributed by atoms with E-state index in [1.165, 1.54) is 5.56 Å². The third-order valence-electron chi connectivity index (χ3n) is 4.53. The zero-order valence-electron chi connectivity index (χ0n) is 13.4. The molecule has 2 aromatic carbocycles. The molecule has 23 heavy (non-hydrogen) atoms. The molecule has 1 aliphatic rings. The van der Waals surface area contributed by atoms with Crippen molar-refractivity contribution in [3.05, 3.63) is 78.4 Å². The van der Waals surface area contributed by atoms with Crippen LogP contribution in [0.3, 0.4) is 0 Å². The van der Waals surface area contributed by atoms with Crippen molar-refractivity contribution in [1.82, 2.24) is 5.32 Å². The van der Waals surface area contributed by atoms with Crippen molar-refractivity contribution >= 4 is 11.4 Å². The quantitative estimate of drug-likeness (QED) is 0.904. The molecule has 2 atom stereocenters. The third-order valence-corrected chi connectivity index (χ3v) is 4.53. The summed E-state index contributed by atoms with van der Waals surface area (Å²) in [6.45, 7) is 4.22. The van der Waals surface area contributed by atoms with Crippen LogP contribution in [0.25, 0.3) is 5.57 Å². The molecule has 0 radical (unpaired) electrons. The van der Waals surface area contributed by atoms with Crippen LogP contribution < -0.4 is 5.32 Å². The summed E-state index contributed by atoms with van der Waals surface area (Å²) >= 11 is 0. The Kier molecular flexibility index (Phi) is 5.04. The maximum atomic E-state index is 12.1. The molecular weight excluding hydrogens is 282 g/mol. The highest BCUT2D eigenvalue weighted by Crippen LogP contribution is 2.24. The van der Waals surface area contributed by atoms with E-state index in [2.05, 4.69) is 48.3 Å². The van der Waals surface area contributed by atoms with Crippen molar-refractivity contribution in [2.75, 3.05) is 0 Å². The first kappa shape index (κ1) is 15.7. The van der Waals surface area contributed by atoms with Crippen LogP contribution >= 0.6 is 0 Å². The van der Waals surface area contributed by atoms with Gasteiger partial charge in [-0.3, -0.25) is 4.79 Å². The van der Waals surface area contributed by atoms with E-state index in [9.17, 15) is 4.79 Å². The maximum absolute atomic E-state index is 12.1. The number of carbonyl (C=O) groups is 1. The van der Waals surface area contributed by atoms with Gasteiger partial charge in [0.1, 0.15) is 5.78 Å². The summed E-state index contributed by atoms with van der Waals surface area (Å²) in [5.74, 6) is 0.337. The van der Waals surface area contributed by atoms with Gasteiger partial charge in [0.15, 0.2) is 0 Å². The molecule has 1 fully saturated rings. The lowest BCUT2D eigenvalue weighted by Crippen LogP contribution is -2.46. The molecule has 2 aromatic rings. The average Bonchev–Trinajstić information content (AvgIpc) is 2.60. The lowest BCUT2D eigenvalue weighted by molar-refractivity contribution is -0.121. The normalized spacial score (nSPS) is 21.1. The van der Waals surface area contributed by atoms with Crippen LogP contribution in [-0.2, 0) is 11.2 Å². The fourth-order valence-corrected chi connectivity index (χ4v) is 3.24. The first-order chi connectivity index (χ1) is 11.2. The molecule has 0 bridgehead atoms. The summed E-state index contributed by atoms with van der Waals surface area (Å²) in [6, 6.07) is 20.9. The number of benzene rings is 2. The van der Waals surface area contributed by atoms with Gasteiger partial charge >= 0.3 is 0 Å². The van der Waals surface area contributed by atoms with Gasteiger partial charge in [0.05, 0.1) is 0 Å². The van der Waals surface area contributed by atoms with E-state index >= 15 is 0 Å². The Balaban J connectivity index is 1.62. The van der Waals surface area contributed by atoms with Gasteiger partial charge in [-0.05, 0) is 29.5 Å². The molecule has 118 valence electrons. The molecule has 2 nitrogen and oxygen atoms in total. The number of carbonyl (C=O) groups excluding carboxylic acids is 1. The lowest BCUT2D eigenvalue weighted by atomic mass is 9.88. The van der Waals surface area contributed by atoms with Gasteiger partial charge in [-0.15, -0.1) is 0 Å². The van der Waals surface area contributed by atoms with Crippen LogP contribution in [0.15, 0.2) is 67.2 Å². The van der Waals surface area contributed by atoms with E-state index in [1.807, 2.05) is 24.3 Å². The number of hydrogen-bond donors (Lipinski definition) is 1. The molecule has 1 N–H and O–H groups in total. The zero-order valence-corrected chi connectivity index (χ0v) is 13.4. The van der Waals surface area contributed by atoms with E-state index < -0.39 is 0 Å². The fraction of sp³-hybridized carbons (Fsp3) is 0.286. The fourth-order valence-electron chi connectivity index (χ4n) is 3.24. The number of piperidine rings is 1. The minimum atomic E-state index is 0.0550. The van der Waals surface area contributed by atoms with Gasteiger partial charge in [-0.2, -0.15) is 0 Å². The number of ketones is 1. The van der Waals surface area contributed by atoms with Crippen LogP contribution in [0.4, 0.5) is 0 Å². The summed E-state index contributed by atoms with van der Waals surface area (Å²) < 4.78 is 0. The summed E-state index contributed by atoms with van der Waals surface area (Å²) in [5.41, 5.74) is 3.45. The molecule has 3 rings (SSSR count). The SMILES string of the molecule is C=C(c1ccccc1)C1CC(=O)C[C@@H](CCc2ccccc2)N1. The van der Waals surface area contributed by atoms with Crippen molar-refractivity contribution in [3.8, 4) is 0 Å².